The monoisotopic (exact) mass is 272 g/mol. The van der Waals surface area contributed by atoms with Gasteiger partial charge in [0.05, 0.1) is 24.8 Å². The molecule has 0 saturated heterocycles. The molecule has 2 rings (SSSR count). The SMILES string of the molecule is C#CCN(CC1CC1)C(=O)c1cncc(C(=O)OC)c1. The Morgan fingerprint density at radius 1 is 1.45 bits per heavy atom. The molecule has 0 aromatic carbocycles. The molecule has 0 bridgehead atoms. The van der Waals surface area contributed by atoms with Gasteiger partial charge in [0.1, 0.15) is 0 Å². The van der Waals surface area contributed by atoms with Gasteiger partial charge < -0.3 is 9.64 Å². The summed E-state index contributed by atoms with van der Waals surface area (Å²) in [5.41, 5.74) is 0.606. The average Bonchev–Trinajstić information content (AvgIpc) is 3.29. The predicted molar refractivity (Wildman–Crippen MR) is 73.0 cm³/mol. The topological polar surface area (TPSA) is 59.5 Å². The van der Waals surface area contributed by atoms with Gasteiger partial charge in [-0.3, -0.25) is 9.78 Å². The van der Waals surface area contributed by atoms with E-state index in [0.717, 1.165) is 12.8 Å². The molecule has 0 radical (unpaired) electrons. The lowest BCUT2D eigenvalue weighted by atomic mass is 10.1. The number of amides is 1. The van der Waals surface area contributed by atoms with Crippen LogP contribution in [0, 0.1) is 18.3 Å². The molecule has 104 valence electrons. The van der Waals surface area contributed by atoms with E-state index < -0.39 is 5.97 Å². The van der Waals surface area contributed by atoms with Crippen molar-refractivity contribution in [2.45, 2.75) is 12.8 Å². The standard InChI is InChI=1S/C15H16N2O3/c1-3-6-17(10-11-4-5-11)14(18)12-7-13(9-16-8-12)15(19)20-2/h1,7-9,11H,4-6,10H2,2H3. The Balaban J connectivity index is 2.17. The lowest BCUT2D eigenvalue weighted by molar-refractivity contribution is 0.0600. The first kappa shape index (κ1) is 14.1. The summed E-state index contributed by atoms with van der Waals surface area (Å²) in [6, 6.07) is 1.48. The van der Waals surface area contributed by atoms with Crippen molar-refractivity contribution in [1.29, 1.82) is 0 Å². The molecule has 0 atom stereocenters. The molecule has 1 aromatic heterocycles. The molecule has 1 saturated carbocycles. The lowest BCUT2D eigenvalue weighted by Gasteiger charge is -2.20. The maximum Gasteiger partial charge on any atom is 0.339 e. The number of terminal acetylenes is 1. The van der Waals surface area contributed by atoms with Crippen LogP contribution in [0.25, 0.3) is 0 Å². The summed E-state index contributed by atoms with van der Waals surface area (Å²) in [6.07, 6.45) is 10.4. The number of pyridine rings is 1. The Bertz CT molecular complexity index is 558. The quantitative estimate of drug-likeness (QED) is 0.600. The van der Waals surface area contributed by atoms with Crippen LogP contribution in [0.4, 0.5) is 0 Å². The van der Waals surface area contributed by atoms with Gasteiger partial charge in [0.25, 0.3) is 5.91 Å². The third-order valence-corrected chi connectivity index (χ3v) is 3.15. The van der Waals surface area contributed by atoms with E-state index in [1.54, 1.807) is 4.90 Å². The van der Waals surface area contributed by atoms with Gasteiger partial charge in [-0.05, 0) is 24.8 Å². The molecule has 0 aliphatic heterocycles. The summed E-state index contributed by atoms with van der Waals surface area (Å²) in [6.45, 7) is 0.920. The summed E-state index contributed by atoms with van der Waals surface area (Å²) < 4.78 is 4.62. The first-order chi connectivity index (χ1) is 9.65. The van der Waals surface area contributed by atoms with E-state index in [9.17, 15) is 9.59 Å². The largest absolute Gasteiger partial charge is 0.465 e. The Labute approximate surface area is 117 Å². The van der Waals surface area contributed by atoms with E-state index in [4.69, 9.17) is 6.42 Å². The fourth-order valence-electron chi connectivity index (χ4n) is 1.91. The Morgan fingerprint density at radius 2 is 2.15 bits per heavy atom. The summed E-state index contributed by atoms with van der Waals surface area (Å²) in [5.74, 6) is 2.32. The average molecular weight is 272 g/mol. The molecule has 1 aliphatic carbocycles. The van der Waals surface area contributed by atoms with Crippen molar-refractivity contribution < 1.29 is 14.3 Å². The second-order valence-corrected chi connectivity index (χ2v) is 4.79. The highest BCUT2D eigenvalue weighted by molar-refractivity contribution is 5.97. The molecule has 1 aromatic rings. The first-order valence-electron chi connectivity index (χ1n) is 6.41. The van der Waals surface area contributed by atoms with Crippen molar-refractivity contribution in [3.8, 4) is 12.3 Å². The zero-order chi connectivity index (χ0) is 14.5. The minimum absolute atomic E-state index is 0.201. The summed E-state index contributed by atoms with van der Waals surface area (Å²) in [4.78, 5) is 29.4. The number of nitrogens with zero attached hydrogens (tertiary/aromatic N) is 2. The highest BCUT2D eigenvalue weighted by atomic mass is 16.5. The summed E-state index contributed by atoms with van der Waals surface area (Å²) in [7, 11) is 1.29. The third-order valence-electron chi connectivity index (χ3n) is 3.15. The highest BCUT2D eigenvalue weighted by Gasteiger charge is 2.27. The first-order valence-corrected chi connectivity index (χ1v) is 6.41. The maximum absolute atomic E-state index is 12.4. The second kappa shape index (κ2) is 6.20. The number of carbonyl (C=O) groups excluding carboxylic acids is 2. The van der Waals surface area contributed by atoms with Gasteiger partial charge in [0, 0.05) is 18.9 Å². The zero-order valence-corrected chi connectivity index (χ0v) is 11.3. The Hall–Kier alpha value is -2.35. The molecule has 0 N–H and O–H groups in total. The summed E-state index contributed by atoms with van der Waals surface area (Å²) >= 11 is 0. The van der Waals surface area contributed by atoms with Crippen LogP contribution in [0.3, 0.4) is 0 Å². The predicted octanol–water partition coefficient (Wildman–Crippen LogP) is 1.35. The fraction of sp³-hybridized carbons (Fsp3) is 0.400. The van der Waals surface area contributed by atoms with E-state index in [1.807, 2.05) is 0 Å². The molecule has 20 heavy (non-hydrogen) atoms. The molecule has 1 fully saturated rings. The zero-order valence-electron chi connectivity index (χ0n) is 11.3. The molecule has 5 heteroatoms. The van der Waals surface area contributed by atoms with Crippen LogP contribution in [0.1, 0.15) is 33.6 Å². The van der Waals surface area contributed by atoms with Crippen molar-refractivity contribution in [2.24, 2.45) is 5.92 Å². The third kappa shape index (κ3) is 3.35. The smallest absolute Gasteiger partial charge is 0.339 e. The van der Waals surface area contributed by atoms with Gasteiger partial charge in [-0.15, -0.1) is 6.42 Å². The van der Waals surface area contributed by atoms with Gasteiger partial charge >= 0.3 is 5.97 Å². The van der Waals surface area contributed by atoms with E-state index in [-0.39, 0.29) is 18.0 Å². The van der Waals surface area contributed by atoms with Crippen molar-refractivity contribution in [3.05, 3.63) is 29.6 Å². The second-order valence-electron chi connectivity index (χ2n) is 4.79. The van der Waals surface area contributed by atoms with E-state index >= 15 is 0 Å². The minimum atomic E-state index is -0.516. The van der Waals surface area contributed by atoms with E-state index in [0.29, 0.717) is 18.0 Å². The molecular weight excluding hydrogens is 256 g/mol. The minimum Gasteiger partial charge on any atom is -0.465 e. The Kier molecular flexibility index (Phi) is 4.36. The maximum atomic E-state index is 12.4. The molecule has 5 nitrogen and oxygen atoms in total. The number of methoxy groups -OCH3 is 1. The molecule has 1 aliphatic rings. The van der Waals surface area contributed by atoms with Crippen LogP contribution >= 0.6 is 0 Å². The fourth-order valence-corrected chi connectivity index (χ4v) is 1.91. The van der Waals surface area contributed by atoms with Gasteiger partial charge in [0.2, 0.25) is 0 Å². The van der Waals surface area contributed by atoms with Crippen molar-refractivity contribution in [1.82, 2.24) is 9.88 Å². The van der Waals surface area contributed by atoms with Crippen molar-refractivity contribution in [2.75, 3.05) is 20.2 Å². The van der Waals surface area contributed by atoms with Crippen LogP contribution in [-0.4, -0.2) is 42.0 Å². The number of carbonyl (C=O) groups is 2. The van der Waals surface area contributed by atoms with Crippen LogP contribution in [-0.2, 0) is 4.74 Å². The molecule has 0 spiro atoms. The summed E-state index contributed by atoms with van der Waals surface area (Å²) in [5, 5.41) is 0. The number of hydrogen-bond donors (Lipinski definition) is 0. The normalized spacial score (nSPS) is 13.4. The number of hydrogen-bond acceptors (Lipinski definition) is 4. The number of rotatable bonds is 5. The molecule has 1 heterocycles. The molecular formula is C15H16N2O3. The van der Waals surface area contributed by atoms with Crippen LogP contribution in [0.5, 0.6) is 0 Å². The van der Waals surface area contributed by atoms with E-state index in [1.165, 1.54) is 25.6 Å². The Morgan fingerprint density at radius 3 is 2.75 bits per heavy atom. The van der Waals surface area contributed by atoms with Gasteiger partial charge in [0.15, 0.2) is 0 Å². The van der Waals surface area contributed by atoms with E-state index in [2.05, 4.69) is 15.6 Å². The van der Waals surface area contributed by atoms with Crippen molar-refractivity contribution >= 4 is 11.9 Å². The number of esters is 1. The van der Waals surface area contributed by atoms with Gasteiger partial charge in [-0.2, -0.15) is 0 Å². The number of ether oxygens (including phenoxy) is 1. The molecule has 0 unspecified atom stereocenters. The van der Waals surface area contributed by atoms with Gasteiger partial charge in [-0.1, -0.05) is 5.92 Å². The van der Waals surface area contributed by atoms with Gasteiger partial charge in [-0.25, -0.2) is 4.79 Å². The molecule has 1 amide bonds. The lowest BCUT2D eigenvalue weighted by Crippen LogP contribution is -2.33. The highest BCUT2D eigenvalue weighted by Crippen LogP contribution is 2.30. The van der Waals surface area contributed by atoms with Crippen LogP contribution < -0.4 is 0 Å². The van der Waals surface area contributed by atoms with Crippen LogP contribution in [0.15, 0.2) is 18.5 Å². The number of aromatic nitrogens is 1. The van der Waals surface area contributed by atoms with Crippen molar-refractivity contribution in [3.63, 3.8) is 0 Å². The van der Waals surface area contributed by atoms with Crippen LogP contribution in [0.2, 0.25) is 0 Å².